The van der Waals surface area contributed by atoms with Crippen LogP contribution in [0.15, 0.2) is 83.0 Å². The van der Waals surface area contributed by atoms with Crippen LogP contribution in [0.25, 0.3) is 11.3 Å². The van der Waals surface area contributed by atoms with E-state index in [0.717, 1.165) is 12.0 Å². The molecule has 1 aromatic carbocycles. The zero-order valence-electron chi connectivity index (χ0n) is 47.7. The molecule has 4 N–H and O–H groups in total. The van der Waals surface area contributed by atoms with Crippen molar-refractivity contribution in [2.24, 2.45) is 40.6 Å². The van der Waals surface area contributed by atoms with Crippen LogP contribution in [0.3, 0.4) is 0 Å². The van der Waals surface area contributed by atoms with Crippen molar-refractivity contribution < 1.29 is 66.3 Å². The minimum atomic E-state index is -3.87. The Kier molecular flexibility index (Phi) is 22.4. The maximum atomic E-state index is 14.7. The number of primary sulfonamides is 1. The fourth-order valence-corrected chi connectivity index (χ4v) is 12.3. The molecule has 2 saturated heterocycles. The molecule has 0 spiro atoms. The number of carbonyl (C=O) groups is 5. The first-order chi connectivity index (χ1) is 37.4. The summed E-state index contributed by atoms with van der Waals surface area (Å²) in [6.45, 7) is 12.7. The molecule has 3 fully saturated rings. The van der Waals surface area contributed by atoms with Gasteiger partial charge < -0.3 is 38.8 Å². The molecule has 19 nitrogen and oxygen atoms in total. The van der Waals surface area contributed by atoms with E-state index >= 15 is 0 Å². The molecule has 6 rings (SSSR count). The Labute approximate surface area is 466 Å². The zero-order valence-corrected chi connectivity index (χ0v) is 48.5. The van der Waals surface area contributed by atoms with Gasteiger partial charge in [0, 0.05) is 64.0 Å². The second-order valence-electron chi connectivity index (χ2n) is 22.8. The minimum absolute atomic E-state index is 0.00194. The van der Waals surface area contributed by atoms with Gasteiger partial charge in [0.2, 0.25) is 15.8 Å². The molecule has 20 heteroatoms. The van der Waals surface area contributed by atoms with E-state index in [1.54, 1.807) is 64.1 Å². The lowest BCUT2D eigenvalue weighted by atomic mass is 9.77. The predicted octanol–water partition coefficient (Wildman–Crippen LogP) is 6.97. The van der Waals surface area contributed by atoms with E-state index in [2.05, 4.69) is 10.3 Å². The molecule has 4 heterocycles. The third kappa shape index (κ3) is 15.9. The van der Waals surface area contributed by atoms with Gasteiger partial charge in [0.25, 0.3) is 11.7 Å². The lowest BCUT2D eigenvalue weighted by Crippen LogP contribution is -2.61. The van der Waals surface area contributed by atoms with Crippen LogP contribution in [-0.4, -0.2) is 144 Å². The second-order valence-corrected chi connectivity index (χ2v) is 24.3. The molecule has 1 amide bonds. The quantitative estimate of drug-likeness (QED) is 0.169. The lowest BCUT2D eigenvalue weighted by molar-refractivity contribution is -0.265. The topological polar surface area (TPSA) is 266 Å². The monoisotopic (exact) mass is 1120 g/mol. The summed E-state index contributed by atoms with van der Waals surface area (Å²) in [4.78, 5) is 72.9. The summed E-state index contributed by atoms with van der Waals surface area (Å²) in [5.74, 6) is -8.34. The summed E-state index contributed by atoms with van der Waals surface area (Å²) in [6.07, 6.45) is 13.3. The fraction of sp³-hybridized carbons (Fsp3) is 0.644. The molecule has 15 atom stereocenters. The van der Waals surface area contributed by atoms with E-state index in [-0.39, 0.29) is 65.4 Å². The van der Waals surface area contributed by atoms with Gasteiger partial charge in [0.05, 0.1) is 41.6 Å². The number of hydrogen-bond donors (Lipinski definition) is 3. The summed E-state index contributed by atoms with van der Waals surface area (Å²) < 4.78 is 55.5. The van der Waals surface area contributed by atoms with Crippen molar-refractivity contribution >= 4 is 39.2 Å². The third-order valence-electron chi connectivity index (χ3n) is 16.8. The average Bonchev–Trinajstić information content (AvgIpc) is 4.00. The van der Waals surface area contributed by atoms with Gasteiger partial charge in [-0.15, -0.1) is 5.10 Å². The Bertz CT molecular complexity index is 2690. The zero-order chi connectivity index (χ0) is 57.9. The molecule has 3 aliphatic heterocycles. The van der Waals surface area contributed by atoms with Gasteiger partial charge in [-0.3, -0.25) is 19.2 Å². The standard InChI is InChI=1S/C59H85N5O14S/c1-35-16-12-11-13-17-36(2)50(74-8)32-44-23-19-41(7)59(71,78-44)56(68)57(69)63-27-15-14-18-48(63)58(70)77-51(33-49(65)37(3)29-40(6)54(67)55(76-10)53(66)39(5)28-35)38(4)30-42-20-26-47(52(31-42)75-9)64-34-46(61-62-64)43-21-24-45(25-22-43)79(60,72)73/h11-13,16-17,21-22,24-25,29,34-35,38-42,44,47-48,50-52,54-55,67,71H,14-15,18-20,23,26-28,30-33H2,1-10H3,(H2,60,72,73)/b13-11?,16-12?,36-17?,37-29+/t35-,38-,39-,40?,41-,42+,44+,47+,48+,50+,51+,52-,54-,55+,59-/m1/s1. The van der Waals surface area contributed by atoms with Gasteiger partial charge in [0.1, 0.15) is 23.9 Å². The normalized spacial score (nSPS) is 34.1. The molecule has 1 aromatic heterocycles. The Balaban J connectivity index is 1.27. The first-order valence-electron chi connectivity index (χ1n) is 27.9. The van der Waals surface area contributed by atoms with Gasteiger partial charge >= 0.3 is 5.97 Å². The van der Waals surface area contributed by atoms with Crippen LogP contribution in [0.1, 0.15) is 132 Å². The molecule has 1 unspecified atom stereocenters. The van der Waals surface area contributed by atoms with E-state index in [9.17, 15) is 42.6 Å². The predicted molar refractivity (Wildman–Crippen MR) is 295 cm³/mol. The Hall–Kier alpha value is -5.06. The number of fused-ring (bicyclic) bond motifs is 3. The largest absolute Gasteiger partial charge is 0.460 e. The third-order valence-corrected chi connectivity index (χ3v) is 17.7. The number of ether oxygens (including phenoxy) is 5. The number of benzene rings is 1. The number of carbonyl (C=O) groups excluding carboxylic acids is 5. The SMILES string of the molecule is CO[C@H]1C[C@@H]2CC[C@@H](C)[C@@](O)(O2)C(=O)C(=O)N2CCCC[C@H]2C(=O)O[C@H]([C@H](C)C[C@@H]2CC[C@H](n3cc(-c4ccc(S(N)(=O)=O)cc4)nn3)[C@H](OC)C2)CC(=O)/C(C)=C/C(C)[C@@H](O)[C@@H](OC)C(=O)[C@H](C)C[C@H](C)C=CC=CC=C1C. The summed E-state index contributed by atoms with van der Waals surface area (Å²) in [5.41, 5.74) is 2.35. The first kappa shape index (κ1) is 63.1. The van der Waals surface area contributed by atoms with Crippen molar-refractivity contribution in [1.82, 2.24) is 19.9 Å². The number of Topliss-reactive ketones (excluding diaryl/α,β-unsaturated/α-hetero) is 3. The van der Waals surface area contributed by atoms with Crippen LogP contribution in [0.4, 0.5) is 0 Å². The number of sulfonamides is 1. The number of esters is 1. The van der Waals surface area contributed by atoms with Crippen molar-refractivity contribution in [3.8, 4) is 11.3 Å². The highest BCUT2D eigenvalue weighted by Crippen LogP contribution is 2.40. The van der Waals surface area contributed by atoms with Gasteiger partial charge in [-0.05, 0) is 119 Å². The highest BCUT2D eigenvalue weighted by atomic mass is 32.2. The smallest absolute Gasteiger partial charge is 0.329 e. The molecule has 436 valence electrons. The van der Waals surface area contributed by atoms with Gasteiger partial charge in [-0.25, -0.2) is 23.0 Å². The summed E-state index contributed by atoms with van der Waals surface area (Å²) in [6, 6.07) is 4.68. The highest BCUT2D eigenvalue weighted by molar-refractivity contribution is 7.89. The van der Waals surface area contributed by atoms with Gasteiger partial charge in [-0.2, -0.15) is 0 Å². The van der Waals surface area contributed by atoms with Crippen molar-refractivity contribution in [3.05, 3.63) is 78.1 Å². The number of aliphatic hydroxyl groups is 2. The summed E-state index contributed by atoms with van der Waals surface area (Å²) in [5, 5.41) is 37.7. The Morgan fingerprint density at radius 2 is 1.61 bits per heavy atom. The number of methoxy groups -OCH3 is 3. The van der Waals surface area contributed by atoms with E-state index in [1.165, 1.54) is 24.1 Å². The number of nitrogens with two attached hydrogens (primary N) is 1. The number of aromatic nitrogens is 3. The molecule has 0 radical (unpaired) electrons. The van der Waals surface area contributed by atoms with Crippen LogP contribution in [0.5, 0.6) is 0 Å². The maximum Gasteiger partial charge on any atom is 0.329 e. The molecule has 1 saturated carbocycles. The molecular formula is C59H85N5O14S. The number of hydrogen-bond acceptors (Lipinski definition) is 16. The van der Waals surface area contributed by atoms with E-state index in [1.807, 2.05) is 58.1 Å². The lowest BCUT2D eigenvalue weighted by Gasteiger charge is -2.42. The summed E-state index contributed by atoms with van der Waals surface area (Å²) in [7, 11) is 0.703. The van der Waals surface area contributed by atoms with E-state index in [0.29, 0.717) is 69.0 Å². The molecule has 4 aliphatic rings. The first-order valence-corrected chi connectivity index (χ1v) is 29.5. The van der Waals surface area contributed by atoms with Crippen molar-refractivity contribution in [1.29, 1.82) is 0 Å². The van der Waals surface area contributed by atoms with Crippen LogP contribution < -0.4 is 5.14 Å². The number of rotatable bonds is 9. The highest BCUT2D eigenvalue weighted by Gasteiger charge is 2.53. The van der Waals surface area contributed by atoms with Gasteiger partial charge in [-0.1, -0.05) is 88.4 Å². The van der Waals surface area contributed by atoms with Crippen molar-refractivity contribution in [3.63, 3.8) is 0 Å². The molecule has 1 aliphatic carbocycles. The van der Waals surface area contributed by atoms with Crippen molar-refractivity contribution in [2.45, 2.75) is 185 Å². The fourth-order valence-electron chi connectivity index (χ4n) is 11.8. The molecule has 2 aromatic rings. The van der Waals surface area contributed by atoms with E-state index < -0.39 is 93.7 Å². The van der Waals surface area contributed by atoms with Crippen LogP contribution >= 0.6 is 0 Å². The minimum Gasteiger partial charge on any atom is -0.460 e. The molecule has 2 bridgehead atoms. The number of piperidine rings is 1. The number of ketones is 3. The van der Waals surface area contributed by atoms with Crippen LogP contribution in [0.2, 0.25) is 0 Å². The Morgan fingerprint density at radius 3 is 2.28 bits per heavy atom. The molecular weight excluding hydrogens is 1030 g/mol. The van der Waals surface area contributed by atoms with E-state index in [4.69, 9.17) is 28.8 Å². The number of aliphatic hydroxyl groups excluding tert-OH is 1. The van der Waals surface area contributed by atoms with Crippen LogP contribution in [0, 0.1) is 35.5 Å². The summed E-state index contributed by atoms with van der Waals surface area (Å²) >= 11 is 0. The number of cyclic esters (lactones) is 1. The second kappa shape index (κ2) is 28.1. The Morgan fingerprint density at radius 1 is 0.886 bits per heavy atom. The molecule has 79 heavy (non-hydrogen) atoms. The maximum absolute atomic E-state index is 14.7. The van der Waals surface area contributed by atoms with Crippen LogP contribution in [-0.2, 0) is 57.7 Å². The van der Waals surface area contributed by atoms with Gasteiger partial charge in [0.15, 0.2) is 11.6 Å². The number of allylic oxidation sites excluding steroid dienone is 6. The number of amides is 1. The number of nitrogens with zero attached hydrogens (tertiary/aromatic N) is 4. The van der Waals surface area contributed by atoms with Crippen molar-refractivity contribution in [2.75, 3.05) is 27.9 Å². The average molecular weight is 1120 g/mol.